The van der Waals surface area contributed by atoms with Gasteiger partial charge in [-0.05, 0) is 37.5 Å². The van der Waals surface area contributed by atoms with Crippen molar-refractivity contribution in [1.82, 2.24) is 19.7 Å². The number of likely N-dealkylation sites (tertiary alicyclic amines) is 1. The van der Waals surface area contributed by atoms with Crippen molar-refractivity contribution >= 4 is 5.91 Å². The van der Waals surface area contributed by atoms with E-state index in [1.165, 1.54) is 6.39 Å². The molecule has 0 N–H and O–H groups in total. The molecule has 1 saturated heterocycles. The molecular weight excluding hydrogens is 316 g/mol. The van der Waals surface area contributed by atoms with Gasteiger partial charge in [-0.1, -0.05) is 12.1 Å². The second-order valence-corrected chi connectivity index (χ2v) is 6.32. The summed E-state index contributed by atoms with van der Waals surface area (Å²) < 4.78 is 7.20. The molecule has 0 unspecified atom stereocenters. The molecule has 0 bridgehead atoms. The lowest BCUT2D eigenvalue weighted by atomic mass is 10.00. The Balaban J connectivity index is 1.51. The van der Waals surface area contributed by atoms with Crippen LogP contribution in [0.3, 0.4) is 0 Å². The quantitative estimate of drug-likeness (QED) is 0.734. The van der Waals surface area contributed by atoms with Crippen molar-refractivity contribution in [1.29, 1.82) is 0 Å². The Morgan fingerprint density at radius 1 is 1.24 bits per heavy atom. The van der Waals surface area contributed by atoms with E-state index >= 15 is 0 Å². The molecule has 4 rings (SSSR count). The lowest BCUT2D eigenvalue weighted by Gasteiger charge is -2.35. The van der Waals surface area contributed by atoms with E-state index < -0.39 is 0 Å². The summed E-state index contributed by atoms with van der Waals surface area (Å²) in [5, 5.41) is 4.28. The molecule has 1 amide bonds. The summed E-state index contributed by atoms with van der Waals surface area (Å²) in [7, 11) is 0. The van der Waals surface area contributed by atoms with Crippen LogP contribution in [0.1, 0.15) is 29.6 Å². The van der Waals surface area contributed by atoms with Crippen molar-refractivity contribution in [3.05, 3.63) is 60.9 Å². The average molecular weight is 336 g/mol. The average Bonchev–Trinajstić information content (AvgIpc) is 3.36. The van der Waals surface area contributed by atoms with Crippen LogP contribution in [0.4, 0.5) is 0 Å². The molecule has 3 heterocycles. The summed E-state index contributed by atoms with van der Waals surface area (Å²) in [6, 6.07) is 9.63. The number of hydrogen-bond donors (Lipinski definition) is 0. The highest BCUT2D eigenvalue weighted by Crippen LogP contribution is 2.23. The number of rotatable bonds is 4. The van der Waals surface area contributed by atoms with Crippen molar-refractivity contribution in [3.63, 3.8) is 0 Å². The van der Waals surface area contributed by atoms with Crippen LogP contribution in [0, 0.1) is 0 Å². The summed E-state index contributed by atoms with van der Waals surface area (Å²) in [6.45, 7) is 1.55. The predicted molar refractivity (Wildman–Crippen MR) is 92.8 cm³/mol. The molecule has 0 saturated carbocycles. The fraction of sp³-hybridized carbons (Fsp3) is 0.316. The van der Waals surface area contributed by atoms with E-state index in [0.29, 0.717) is 11.3 Å². The van der Waals surface area contributed by atoms with Gasteiger partial charge in [0.15, 0.2) is 12.2 Å². The van der Waals surface area contributed by atoms with Gasteiger partial charge in [-0.2, -0.15) is 5.10 Å². The lowest BCUT2D eigenvalue weighted by Crippen LogP contribution is -2.45. The smallest absolute Gasteiger partial charge is 0.254 e. The Hall–Kier alpha value is -2.89. The number of benzene rings is 1. The Labute approximate surface area is 146 Å². The van der Waals surface area contributed by atoms with Gasteiger partial charge in [-0.3, -0.25) is 9.48 Å². The predicted octanol–water partition coefficient (Wildman–Crippen LogP) is 3.23. The first-order valence-corrected chi connectivity index (χ1v) is 8.58. The Morgan fingerprint density at radius 2 is 2.12 bits per heavy atom. The second kappa shape index (κ2) is 6.93. The van der Waals surface area contributed by atoms with Gasteiger partial charge in [0.25, 0.3) is 5.91 Å². The lowest BCUT2D eigenvalue weighted by molar-refractivity contribution is 0.0584. The standard InChI is InChI=1S/C19H20N4O2/c24-19(16-7-5-15(6-8-16)18-12-20-14-25-18)23-11-2-1-4-17(23)13-22-10-3-9-21-22/h3,5-10,12,14,17H,1-2,4,11,13H2/t17-/m0/s1. The van der Waals surface area contributed by atoms with Crippen molar-refractivity contribution < 1.29 is 9.21 Å². The van der Waals surface area contributed by atoms with E-state index in [9.17, 15) is 4.79 Å². The van der Waals surface area contributed by atoms with E-state index in [0.717, 1.165) is 37.9 Å². The molecule has 6 heteroatoms. The fourth-order valence-corrected chi connectivity index (χ4v) is 3.38. The minimum Gasteiger partial charge on any atom is -0.444 e. The van der Waals surface area contributed by atoms with E-state index in [2.05, 4.69) is 10.1 Å². The van der Waals surface area contributed by atoms with Crippen LogP contribution >= 0.6 is 0 Å². The van der Waals surface area contributed by atoms with Crippen LogP contribution < -0.4 is 0 Å². The molecule has 1 fully saturated rings. The maximum Gasteiger partial charge on any atom is 0.254 e. The SMILES string of the molecule is O=C(c1ccc(-c2cnco2)cc1)N1CCCC[C@H]1Cn1cccn1. The van der Waals surface area contributed by atoms with Gasteiger partial charge in [0, 0.05) is 30.1 Å². The largest absolute Gasteiger partial charge is 0.444 e. The zero-order chi connectivity index (χ0) is 17.1. The molecule has 0 aliphatic carbocycles. The third-order valence-electron chi connectivity index (χ3n) is 4.69. The highest BCUT2D eigenvalue weighted by Gasteiger charge is 2.27. The highest BCUT2D eigenvalue weighted by molar-refractivity contribution is 5.95. The fourth-order valence-electron chi connectivity index (χ4n) is 3.38. The molecule has 1 aliphatic rings. The Kier molecular flexibility index (Phi) is 4.33. The summed E-state index contributed by atoms with van der Waals surface area (Å²) in [5.41, 5.74) is 1.62. The molecule has 128 valence electrons. The molecule has 25 heavy (non-hydrogen) atoms. The number of aromatic nitrogens is 3. The molecule has 6 nitrogen and oxygen atoms in total. The van der Waals surface area contributed by atoms with Crippen LogP contribution in [0.15, 0.2) is 59.7 Å². The van der Waals surface area contributed by atoms with Gasteiger partial charge in [0.2, 0.25) is 0 Å². The van der Waals surface area contributed by atoms with Crippen molar-refractivity contribution in [3.8, 4) is 11.3 Å². The first-order valence-electron chi connectivity index (χ1n) is 8.58. The van der Waals surface area contributed by atoms with Crippen molar-refractivity contribution in [2.24, 2.45) is 0 Å². The van der Waals surface area contributed by atoms with E-state index in [1.807, 2.05) is 46.1 Å². The van der Waals surface area contributed by atoms with Gasteiger partial charge in [-0.15, -0.1) is 0 Å². The number of nitrogens with zero attached hydrogens (tertiary/aromatic N) is 4. The number of oxazole rings is 1. The van der Waals surface area contributed by atoms with E-state index in [4.69, 9.17) is 4.42 Å². The normalized spacial score (nSPS) is 17.6. The minimum atomic E-state index is 0.0842. The summed E-state index contributed by atoms with van der Waals surface area (Å²) in [5.74, 6) is 0.787. The molecule has 2 aromatic heterocycles. The zero-order valence-corrected chi connectivity index (χ0v) is 13.9. The van der Waals surface area contributed by atoms with Crippen LogP contribution in [-0.2, 0) is 6.54 Å². The summed E-state index contributed by atoms with van der Waals surface area (Å²) in [4.78, 5) is 18.9. The first kappa shape index (κ1) is 15.6. The Bertz CT molecular complexity index is 810. The van der Waals surface area contributed by atoms with Crippen molar-refractivity contribution in [2.45, 2.75) is 31.8 Å². The third-order valence-corrected chi connectivity index (χ3v) is 4.69. The van der Waals surface area contributed by atoms with Crippen LogP contribution in [0.5, 0.6) is 0 Å². The molecular formula is C19H20N4O2. The molecule has 0 radical (unpaired) electrons. The molecule has 1 atom stereocenters. The molecule has 0 spiro atoms. The van der Waals surface area contributed by atoms with Gasteiger partial charge < -0.3 is 9.32 Å². The molecule has 1 aromatic carbocycles. The Morgan fingerprint density at radius 3 is 2.84 bits per heavy atom. The number of carbonyl (C=O) groups is 1. The topological polar surface area (TPSA) is 64.2 Å². The van der Waals surface area contributed by atoms with E-state index in [1.54, 1.807) is 12.4 Å². The number of piperidine rings is 1. The van der Waals surface area contributed by atoms with Crippen LogP contribution in [0.2, 0.25) is 0 Å². The number of amides is 1. The highest BCUT2D eigenvalue weighted by atomic mass is 16.3. The van der Waals surface area contributed by atoms with Crippen LogP contribution in [-0.4, -0.2) is 38.2 Å². The third kappa shape index (κ3) is 3.33. The number of hydrogen-bond acceptors (Lipinski definition) is 4. The zero-order valence-electron chi connectivity index (χ0n) is 13.9. The summed E-state index contributed by atoms with van der Waals surface area (Å²) in [6.07, 6.45) is 10.0. The number of carbonyl (C=O) groups excluding carboxylic acids is 1. The molecule has 1 aliphatic heterocycles. The van der Waals surface area contributed by atoms with E-state index in [-0.39, 0.29) is 11.9 Å². The maximum absolute atomic E-state index is 13.0. The van der Waals surface area contributed by atoms with Gasteiger partial charge in [0.05, 0.1) is 18.8 Å². The van der Waals surface area contributed by atoms with Gasteiger partial charge in [-0.25, -0.2) is 4.98 Å². The monoisotopic (exact) mass is 336 g/mol. The van der Waals surface area contributed by atoms with Crippen LogP contribution in [0.25, 0.3) is 11.3 Å². The van der Waals surface area contributed by atoms with Gasteiger partial charge in [0.1, 0.15) is 0 Å². The maximum atomic E-state index is 13.0. The first-order chi connectivity index (χ1) is 12.3. The second-order valence-electron chi connectivity index (χ2n) is 6.32. The minimum absolute atomic E-state index is 0.0842. The van der Waals surface area contributed by atoms with Gasteiger partial charge >= 0.3 is 0 Å². The van der Waals surface area contributed by atoms with Crippen molar-refractivity contribution in [2.75, 3.05) is 6.54 Å². The summed E-state index contributed by atoms with van der Waals surface area (Å²) >= 11 is 0. The molecule has 3 aromatic rings.